The third-order valence-corrected chi connectivity index (χ3v) is 6.63. The highest BCUT2D eigenvalue weighted by Crippen LogP contribution is 2.16. The normalized spacial score (nSPS) is 12.8. The van der Waals surface area contributed by atoms with Crippen molar-refractivity contribution in [2.24, 2.45) is 0 Å². The van der Waals surface area contributed by atoms with E-state index in [2.05, 4.69) is 27.4 Å². The molecule has 0 fully saturated rings. The van der Waals surface area contributed by atoms with Gasteiger partial charge in [0.1, 0.15) is 24.9 Å². The third-order valence-electron chi connectivity index (χ3n) is 6.63. The zero-order valence-electron chi connectivity index (χ0n) is 24.7. The number of ether oxygens (including phenoxy) is 1. The van der Waals surface area contributed by atoms with Crippen molar-refractivity contribution in [3.8, 4) is 5.75 Å². The molecule has 2 rings (SSSR count). The van der Waals surface area contributed by atoms with Crippen molar-refractivity contribution < 1.29 is 64.7 Å². The van der Waals surface area contributed by atoms with Crippen LogP contribution < -0.4 is 47.5 Å². The zero-order chi connectivity index (χ0) is 33.4. The lowest BCUT2D eigenvalue weighted by Crippen LogP contribution is -2.68. The summed E-state index contributed by atoms with van der Waals surface area (Å²) in [7, 11) is 0. The number of quaternary nitrogens is 2. The van der Waals surface area contributed by atoms with E-state index in [9.17, 15) is 44.1 Å². The SMILES string of the molecule is [NH3+]Cc1cc(COc2ccc(CCNC(=O)CC[C@H](NC(=O)CC[C@H](NC(=O)CC[C@H]([NH3+])C(=O)[O-])C(=O)[O-])C(=O)[O-])cc2)co1. The average Bonchev–Trinajstić information content (AvgIpc) is 3.47. The van der Waals surface area contributed by atoms with Crippen LogP contribution in [0.5, 0.6) is 5.75 Å². The van der Waals surface area contributed by atoms with Crippen LogP contribution in [0.25, 0.3) is 0 Å². The van der Waals surface area contributed by atoms with Gasteiger partial charge >= 0.3 is 0 Å². The van der Waals surface area contributed by atoms with Crippen molar-refractivity contribution in [1.29, 1.82) is 0 Å². The first-order valence-corrected chi connectivity index (χ1v) is 14.3. The molecule has 1 aromatic heterocycles. The van der Waals surface area contributed by atoms with Gasteiger partial charge in [0.2, 0.25) is 17.7 Å². The van der Waals surface area contributed by atoms with Crippen molar-refractivity contribution in [3.63, 3.8) is 0 Å². The topological polar surface area (TPSA) is 285 Å². The van der Waals surface area contributed by atoms with Gasteiger partial charge in [-0.1, -0.05) is 12.1 Å². The maximum absolute atomic E-state index is 12.3. The Morgan fingerprint density at radius 1 is 0.778 bits per heavy atom. The summed E-state index contributed by atoms with van der Waals surface area (Å²) in [5.41, 5.74) is 8.87. The minimum atomic E-state index is -1.69. The molecule has 9 N–H and O–H groups in total. The summed E-state index contributed by atoms with van der Waals surface area (Å²) >= 11 is 0. The van der Waals surface area contributed by atoms with E-state index in [1.54, 1.807) is 18.4 Å². The number of carboxylic acid groups (broad SMARTS) is 3. The van der Waals surface area contributed by atoms with Crippen molar-refractivity contribution in [2.75, 3.05) is 6.54 Å². The van der Waals surface area contributed by atoms with Crippen molar-refractivity contribution >= 4 is 35.6 Å². The van der Waals surface area contributed by atoms with Crippen LogP contribution in [0.2, 0.25) is 0 Å². The zero-order valence-corrected chi connectivity index (χ0v) is 24.7. The molecule has 2 aromatic rings. The van der Waals surface area contributed by atoms with E-state index in [4.69, 9.17) is 9.15 Å². The van der Waals surface area contributed by atoms with Crippen LogP contribution in [-0.2, 0) is 48.3 Å². The van der Waals surface area contributed by atoms with Gasteiger partial charge in [0, 0.05) is 37.8 Å². The highest BCUT2D eigenvalue weighted by atomic mass is 16.5. The Balaban J connectivity index is 1.70. The van der Waals surface area contributed by atoms with Gasteiger partial charge in [-0.15, -0.1) is 0 Å². The molecule has 1 heterocycles. The standard InChI is InChI=1S/C29H39N5O11/c30-14-20-13-18(16-45-20)15-44-19-3-1-17(2-4-19)11-12-32-24(35)9-6-22(28(40)41)34-26(37)10-7-23(29(42)43)33-25(36)8-5-21(31)27(38)39/h1-4,13,16,21-23H,5-12,14-15,30-31H2,(H,32,35)(H,33,36)(H,34,37)(H,38,39)(H,40,41)(H,42,43)/p-1/t21-,22-,23-/m0/s1. The smallest absolute Gasteiger partial charge is 0.220 e. The fourth-order valence-corrected chi connectivity index (χ4v) is 3.99. The first-order valence-electron chi connectivity index (χ1n) is 14.3. The van der Waals surface area contributed by atoms with Crippen LogP contribution in [0, 0.1) is 0 Å². The fraction of sp³-hybridized carbons (Fsp3) is 0.448. The number of nitrogens with one attached hydrogen (secondary N) is 3. The number of furan rings is 1. The number of carbonyl (C=O) groups is 6. The summed E-state index contributed by atoms with van der Waals surface area (Å²) in [6.07, 6.45) is 0.165. The number of amides is 3. The molecule has 16 heteroatoms. The Morgan fingerprint density at radius 2 is 1.33 bits per heavy atom. The molecule has 45 heavy (non-hydrogen) atoms. The summed E-state index contributed by atoms with van der Waals surface area (Å²) < 4.78 is 11.0. The second kappa shape index (κ2) is 18.6. The summed E-state index contributed by atoms with van der Waals surface area (Å²) in [4.78, 5) is 69.9. The van der Waals surface area contributed by atoms with Gasteiger partial charge in [-0.2, -0.15) is 0 Å². The summed E-state index contributed by atoms with van der Waals surface area (Å²) in [6, 6.07) is 4.91. The minimum Gasteiger partial charge on any atom is -0.548 e. The Labute approximate surface area is 258 Å². The molecule has 1 aromatic carbocycles. The lowest BCUT2D eigenvalue weighted by atomic mass is 10.1. The Hall–Kier alpha value is -4.96. The lowest BCUT2D eigenvalue weighted by molar-refractivity contribution is -0.438. The molecule has 0 saturated carbocycles. The molecule has 246 valence electrons. The number of rotatable bonds is 21. The highest BCUT2D eigenvalue weighted by Gasteiger charge is 2.20. The molecule has 16 nitrogen and oxygen atoms in total. The van der Waals surface area contributed by atoms with Gasteiger partial charge in [-0.05, 0) is 43.0 Å². The molecular formula is C29H38N5O11-. The number of benzene rings is 1. The Bertz CT molecular complexity index is 1310. The van der Waals surface area contributed by atoms with E-state index in [-0.39, 0.29) is 32.2 Å². The van der Waals surface area contributed by atoms with Crippen LogP contribution in [0.4, 0.5) is 0 Å². The third kappa shape index (κ3) is 13.9. The van der Waals surface area contributed by atoms with Crippen LogP contribution in [0.3, 0.4) is 0 Å². The van der Waals surface area contributed by atoms with Gasteiger partial charge in [0.15, 0.2) is 5.76 Å². The molecule has 0 radical (unpaired) electrons. The number of hydrogen-bond acceptors (Lipinski definition) is 11. The van der Waals surface area contributed by atoms with E-state index in [0.29, 0.717) is 25.3 Å². The van der Waals surface area contributed by atoms with Gasteiger partial charge in [-0.25, -0.2) is 0 Å². The molecule has 3 amide bonds. The summed E-state index contributed by atoms with van der Waals surface area (Å²) in [5.74, 6) is -5.43. The Kier molecular flexibility index (Phi) is 15.0. The predicted molar refractivity (Wildman–Crippen MR) is 146 cm³/mol. The monoisotopic (exact) mass is 632 g/mol. The molecule has 0 spiro atoms. The van der Waals surface area contributed by atoms with Crippen molar-refractivity contribution in [1.82, 2.24) is 16.0 Å². The van der Waals surface area contributed by atoms with Crippen LogP contribution in [-0.4, -0.2) is 60.3 Å². The number of carbonyl (C=O) groups excluding carboxylic acids is 6. The van der Waals surface area contributed by atoms with Crippen molar-refractivity contribution in [3.05, 3.63) is 53.5 Å². The van der Waals surface area contributed by atoms with Crippen LogP contribution >= 0.6 is 0 Å². The van der Waals surface area contributed by atoms with E-state index in [0.717, 1.165) is 16.9 Å². The maximum atomic E-state index is 12.3. The minimum absolute atomic E-state index is 0.190. The second-order valence-corrected chi connectivity index (χ2v) is 10.2. The molecule has 0 unspecified atom stereocenters. The van der Waals surface area contributed by atoms with Gasteiger partial charge < -0.3 is 66.3 Å². The Morgan fingerprint density at radius 3 is 1.84 bits per heavy atom. The van der Waals surface area contributed by atoms with Crippen LogP contribution in [0.1, 0.15) is 55.4 Å². The molecule has 0 aliphatic heterocycles. The van der Waals surface area contributed by atoms with E-state index in [1.165, 1.54) is 0 Å². The first-order chi connectivity index (χ1) is 21.4. The molecule has 0 bridgehead atoms. The lowest BCUT2D eigenvalue weighted by Gasteiger charge is -2.22. The molecule has 0 aliphatic rings. The summed E-state index contributed by atoms with van der Waals surface area (Å²) in [6.45, 7) is 1.18. The van der Waals surface area contributed by atoms with Gasteiger partial charge in [0.05, 0.1) is 36.3 Å². The van der Waals surface area contributed by atoms with Gasteiger partial charge in [-0.3, -0.25) is 14.4 Å². The fourth-order valence-electron chi connectivity index (χ4n) is 3.99. The number of hydrogen-bond donors (Lipinski definition) is 5. The highest BCUT2D eigenvalue weighted by molar-refractivity contribution is 5.85. The predicted octanol–water partition coefficient (Wildman–Crippen LogP) is -5.57. The average molecular weight is 633 g/mol. The van der Waals surface area contributed by atoms with Gasteiger partial charge in [0.25, 0.3) is 0 Å². The number of aliphatic carboxylic acids is 3. The second-order valence-electron chi connectivity index (χ2n) is 10.2. The van der Waals surface area contributed by atoms with E-state index in [1.807, 2.05) is 18.2 Å². The largest absolute Gasteiger partial charge is 0.548 e. The quantitative estimate of drug-likeness (QED) is 0.0864. The number of carboxylic acids is 3. The molecule has 0 saturated heterocycles. The van der Waals surface area contributed by atoms with Crippen LogP contribution in [0.15, 0.2) is 41.0 Å². The van der Waals surface area contributed by atoms with E-state index >= 15 is 0 Å². The van der Waals surface area contributed by atoms with Crippen molar-refractivity contribution in [2.45, 2.75) is 76.2 Å². The molecule has 3 atom stereocenters. The summed E-state index contributed by atoms with van der Waals surface area (Å²) in [5, 5.41) is 40.5. The first kappa shape index (κ1) is 36.2. The molecular weight excluding hydrogens is 594 g/mol. The van der Waals surface area contributed by atoms with E-state index < -0.39 is 66.6 Å². The molecule has 0 aliphatic carbocycles. The maximum Gasteiger partial charge on any atom is 0.220 e.